The van der Waals surface area contributed by atoms with Crippen molar-refractivity contribution in [2.24, 2.45) is 0 Å². The van der Waals surface area contributed by atoms with Gasteiger partial charge < -0.3 is 10.1 Å². The molecule has 0 fully saturated rings. The summed E-state index contributed by atoms with van der Waals surface area (Å²) < 4.78 is 5.04. The number of nitrogens with one attached hydrogen (secondary N) is 1. The second-order valence-electron chi connectivity index (χ2n) is 6.52. The Kier molecular flexibility index (Phi) is 4.60. The minimum absolute atomic E-state index is 0.106. The molecule has 2 aromatic carbocycles. The Morgan fingerprint density at radius 1 is 1.25 bits per heavy atom. The van der Waals surface area contributed by atoms with E-state index < -0.39 is 10.8 Å². The fourth-order valence-corrected chi connectivity index (χ4v) is 3.75. The van der Waals surface area contributed by atoms with E-state index in [1.165, 1.54) is 19.2 Å². The molecule has 0 spiro atoms. The molecule has 28 heavy (non-hydrogen) atoms. The number of benzene rings is 2. The predicted octanol–water partition coefficient (Wildman–Crippen LogP) is 4.55. The summed E-state index contributed by atoms with van der Waals surface area (Å²) in [5.41, 5.74) is 2.80. The highest BCUT2D eigenvalue weighted by Crippen LogP contribution is 2.34. The standard InChI is InChI=1S/C20H16ClN3O4/c1-28-12-6-8-17(18(10-12)24(26)27)23-20(25)19-13-3-2-4-15(13)22-16-7-5-11(21)9-14(16)19/h5-10H,2-4H2,1H3,(H,23,25). The van der Waals surface area contributed by atoms with Crippen molar-refractivity contribution in [1.29, 1.82) is 0 Å². The van der Waals surface area contributed by atoms with Crippen molar-refractivity contribution in [3.63, 3.8) is 0 Å². The molecule has 0 aliphatic heterocycles. The first-order valence-corrected chi connectivity index (χ1v) is 9.10. The molecule has 0 unspecified atom stereocenters. The zero-order valence-electron chi connectivity index (χ0n) is 15.0. The van der Waals surface area contributed by atoms with Gasteiger partial charge in [0.05, 0.1) is 29.2 Å². The van der Waals surface area contributed by atoms with Crippen molar-refractivity contribution in [3.05, 3.63) is 68.4 Å². The lowest BCUT2D eigenvalue weighted by Gasteiger charge is -2.13. The molecule has 0 bridgehead atoms. The number of carbonyl (C=O) groups is 1. The average molecular weight is 398 g/mol. The van der Waals surface area contributed by atoms with Crippen molar-refractivity contribution in [2.75, 3.05) is 12.4 Å². The second kappa shape index (κ2) is 7.09. The van der Waals surface area contributed by atoms with E-state index in [1.807, 2.05) is 0 Å². The van der Waals surface area contributed by atoms with E-state index in [1.54, 1.807) is 24.3 Å². The van der Waals surface area contributed by atoms with Gasteiger partial charge in [-0.05, 0) is 55.2 Å². The molecule has 3 aromatic rings. The monoisotopic (exact) mass is 397 g/mol. The van der Waals surface area contributed by atoms with E-state index in [9.17, 15) is 14.9 Å². The molecule has 1 heterocycles. The number of hydrogen-bond donors (Lipinski definition) is 1. The van der Waals surface area contributed by atoms with E-state index in [0.29, 0.717) is 27.2 Å². The Morgan fingerprint density at radius 2 is 2.07 bits per heavy atom. The highest BCUT2D eigenvalue weighted by Gasteiger charge is 2.26. The maximum Gasteiger partial charge on any atom is 0.296 e. The van der Waals surface area contributed by atoms with E-state index in [4.69, 9.17) is 16.3 Å². The number of fused-ring (bicyclic) bond motifs is 2. The van der Waals surface area contributed by atoms with E-state index >= 15 is 0 Å². The first-order valence-electron chi connectivity index (χ1n) is 8.72. The molecule has 1 aromatic heterocycles. The van der Waals surface area contributed by atoms with Crippen molar-refractivity contribution >= 4 is 39.8 Å². The fourth-order valence-electron chi connectivity index (χ4n) is 3.57. The summed E-state index contributed by atoms with van der Waals surface area (Å²) in [5, 5.41) is 15.3. The Hall–Kier alpha value is -3.19. The summed E-state index contributed by atoms with van der Waals surface area (Å²) in [6.07, 6.45) is 2.45. The maximum atomic E-state index is 13.2. The third kappa shape index (κ3) is 3.14. The topological polar surface area (TPSA) is 94.4 Å². The van der Waals surface area contributed by atoms with Crippen LogP contribution < -0.4 is 10.1 Å². The van der Waals surface area contributed by atoms with Crippen molar-refractivity contribution < 1.29 is 14.5 Å². The van der Waals surface area contributed by atoms with Gasteiger partial charge in [0.1, 0.15) is 11.4 Å². The lowest BCUT2D eigenvalue weighted by molar-refractivity contribution is -0.384. The molecule has 0 saturated carbocycles. The minimum atomic E-state index is -0.552. The molecule has 1 aliphatic rings. The molecule has 1 amide bonds. The summed E-state index contributed by atoms with van der Waals surface area (Å²) in [6, 6.07) is 9.53. The fraction of sp³-hybridized carbons (Fsp3) is 0.200. The van der Waals surface area contributed by atoms with Crippen molar-refractivity contribution in [1.82, 2.24) is 4.98 Å². The molecule has 1 aliphatic carbocycles. The van der Waals surface area contributed by atoms with Gasteiger partial charge in [0.2, 0.25) is 0 Å². The lowest BCUT2D eigenvalue weighted by atomic mass is 10.0. The maximum absolute atomic E-state index is 13.2. The number of nitro groups is 1. The van der Waals surface area contributed by atoms with Gasteiger partial charge in [0, 0.05) is 16.1 Å². The molecule has 0 atom stereocenters. The average Bonchev–Trinajstić information content (AvgIpc) is 3.14. The van der Waals surface area contributed by atoms with Gasteiger partial charge in [-0.2, -0.15) is 0 Å². The smallest absolute Gasteiger partial charge is 0.296 e. The Labute approximate surface area is 165 Å². The summed E-state index contributed by atoms with van der Waals surface area (Å²) in [5.74, 6) is -0.0761. The number of aryl methyl sites for hydroxylation is 1. The normalized spacial score (nSPS) is 12.6. The van der Waals surface area contributed by atoms with Crippen molar-refractivity contribution in [2.45, 2.75) is 19.3 Å². The van der Waals surface area contributed by atoms with Gasteiger partial charge >= 0.3 is 0 Å². The van der Waals surface area contributed by atoms with Crippen LogP contribution in [0.5, 0.6) is 5.75 Å². The van der Waals surface area contributed by atoms with Crippen molar-refractivity contribution in [3.8, 4) is 5.75 Å². The molecule has 0 radical (unpaired) electrons. The molecule has 0 saturated heterocycles. The number of hydrogen-bond acceptors (Lipinski definition) is 5. The number of pyridine rings is 1. The van der Waals surface area contributed by atoms with Crippen LogP contribution in [0.25, 0.3) is 10.9 Å². The second-order valence-corrected chi connectivity index (χ2v) is 6.96. The summed E-state index contributed by atoms with van der Waals surface area (Å²) >= 11 is 6.14. The third-order valence-electron chi connectivity index (χ3n) is 4.85. The van der Waals surface area contributed by atoms with E-state index in [-0.39, 0.29) is 11.4 Å². The Balaban J connectivity index is 1.83. The molecular formula is C20H16ClN3O4. The highest BCUT2D eigenvalue weighted by molar-refractivity contribution is 6.31. The molecular weight excluding hydrogens is 382 g/mol. The predicted molar refractivity (Wildman–Crippen MR) is 106 cm³/mol. The van der Waals surface area contributed by atoms with Crippen LogP contribution in [0.4, 0.5) is 11.4 Å². The summed E-state index contributed by atoms with van der Waals surface area (Å²) in [6.45, 7) is 0. The van der Waals surface area contributed by atoms with Crippen LogP contribution in [0.2, 0.25) is 5.02 Å². The molecule has 8 heteroatoms. The van der Waals surface area contributed by atoms with Gasteiger partial charge in [0.25, 0.3) is 11.6 Å². The zero-order valence-corrected chi connectivity index (χ0v) is 15.7. The molecule has 1 N–H and O–H groups in total. The first-order chi connectivity index (χ1) is 13.5. The lowest BCUT2D eigenvalue weighted by Crippen LogP contribution is -2.16. The number of carbonyl (C=O) groups excluding carboxylic acids is 1. The third-order valence-corrected chi connectivity index (χ3v) is 5.09. The van der Waals surface area contributed by atoms with Gasteiger partial charge in [-0.1, -0.05) is 11.6 Å². The molecule has 7 nitrogen and oxygen atoms in total. The number of rotatable bonds is 4. The van der Waals surface area contributed by atoms with Crippen LogP contribution in [0, 0.1) is 10.1 Å². The van der Waals surface area contributed by atoms with E-state index in [0.717, 1.165) is 30.5 Å². The highest BCUT2D eigenvalue weighted by atomic mass is 35.5. The summed E-state index contributed by atoms with van der Waals surface area (Å²) in [4.78, 5) is 28.7. The number of aromatic nitrogens is 1. The van der Waals surface area contributed by atoms with E-state index in [2.05, 4.69) is 10.3 Å². The Morgan fingerprint density at radius 3 is 2.82 bits per heavy atom. The number of methoxy groups -OCH3 is 1. The van der Waals surface area contributed by atoms with Gasteiger partial charge in [-0.15, -0.1) is 0 Å². The van der Waals surface area contributed by atoms with Crippen LogP contribution in [0.15, 0.2) is 36.4 Å². The number of ether oxygens (including phenoxy) is 1. The van der Waals surface area contributed by atoms with Crippen LogP contribution in [-0.4, -0.2) is 22.9 Å². The minimum Gasteiger partial charge on any atom is -0.496 e. The zero-order chi connectivity index (χ0) is 19.8. The number of amides is 1. The number of nitrogens with zero attached hydrogens (tertiary/aromatic N) is 2. The van der Waals surface area contributed by atoms with Gasteiger partial charge in [-0.3, -0.25) is 19.9 Å². The number of halogens is 1. The number of anilines is 1. The van der Waals surface area contributed by atoms with Crippen LogP contribution in [-0.2, 0) is 12.8 Å². The Bertz CT molecular complexity index is 1130. The van der Waals surface area contributed by atoms with Gasteiger partial charge in [-0.25, -0.2) is 0 Å². The van der Waals surface area contributed by atoms with Crippen LogP contribution >= 0.6 is 11.6 Å². The van der Waals surface area contributed by atoms with Gasteiger partial charge in [0.15, 0.2) is 0 Å². The largest absolute Gasteiger partial charge is 0.496 e. The van der Waals surface area contributed by atoms with Crippen LogP contribution in [0.3, 0.4) is 0 Å². The summed E-state index contributed by atoms with van der Waals surface area (Å²) in [7, 11) is 1.42. The molecule has 4 rings (SSSR count). The van der Waals surface area contributed by atoms with Crippen LogP contribution in [0.1, 0.15) is 28.0 Å². The quantitative estimate of drug-likeness (QED) is 0.515. The molecule has 142 valence electrons. The number of nitro benzene ring substituents is 1. The SMILES string of the molecule is COc1ccc(NC(=O)c2c3c(nc4ccc(Cl)cc24)CCC3)c([N+](=O)[O-])c1. The first kappa shape index (κ1) is 18.2.